The average molecular weight is 631 g/mol. The number of rotatable bonds is 3. The molecule has 0 unspecified atom stereocenters. The molecule has 0 saturated carbocycles. The van der Waals surface area contributed by atoms with Crippen LogP contribution in [-0.2, 0) is 0 Å². The number of furan rings is 1. The summed E-state index contributed by atoms with van der Waals surface area (Å²) in [6.45, 7) is 0. The van der Waals surface area contributed by atoms with Crippen LogP contribution in [0.3, 0.4) is 0 Å². The van der Waals surface area contributed by atoms with Crippen LogP contribution in [0.1, 0.15) is 0 Å². The first kappa shape index (κ1) is 26.0. The van der Waals surface area contributed by atoms with Crippen LogP contribution >= 0.6 is 11.3 Å². The maximum Gasteiger partial charge on any atom is 0.215 e. The van der Waals surface area contributed by atoms with E-state index >= 15 is 0 Å². The molecule has 4 aromatic heterocycles. The van der Waals surface area contributed by atoms with E-state index < -0.39 is 0 Å². The molecule has 0 aliphatic carbocycles. The number of nitrogens with zero attached hydrogens (tertiary/aromatic N) is 2. The van der Waals surface area contributed by atoms with E-state index in [-0.39, 0.29) is 0 Å². The number of benzene rings is 7. The van der Waals surface area contributed by atoms with E-state index in [0.29, 0.717) is 0 Å². The van der Waals surface area contributed by atoms with Crippen molar-refractivity contribution in [2.24, 2.45) is 0 Å². The number of para-hydroxylation sites is 2. The average Bonchev–Trinajstić information content (AvgIpc) is 3.88. The Balaban J connectivity index is 1.33. The summed E-state index contributed by atoms with van der Waals surface area (Å²) in [6.07, 6.45) is 0. The van der Waals surface area contributed by atoms with E-state index in [0.717, 1.165) is 44.6 Å². The third-order valence-corrected chi connectivity index (χ3v) is 11.2. The van der Waals surface area contributed by atoms with Crippen molar-refractivity contribution in [2.75, 3.05) is 0 Å². The molecule has 11 aromatic rings. The molecule has 0 atom stereocenters. The summed E-state index contributed by atoms with van der Waals surface area (Å²) in [6, 6.07) is 56.6. The molecule has 3 nitrogen and oxygen atoms in total. The number of hydrogen-bond donors (Lipinski definition) is 0. The highest BCUT2D eigenvalue weighted by Gasteiger charge is 2.27. The van der Waals surface area contributed by atoms with Crippen LogP contribution in [0, 0.1) is 0 Å². The van der Waals surface area contributed by atoms with Gasteiger partial charge in [-0.25, -0.2) is 0 Å². The largest absolute Gasteiger partial charge is 0.422 e. The first-order valence-electron chi connectivity index (χ1n) is 16.3. The van der Waals surface area contributed by atoms with Crippen molar-refractivity contribution < 1.29 is 4.42 Å². The fourth-order valence-corrected chi connectivity index (χ4v) is 9.25. The quantitative estimate of drug-likeness (QED) is 0.190. The van der Waals surface area contributed by atoms with Crippen LogP contribution in [-0.4, -0.2) is 9.13 Å². The predicted octanol–water partition coefficient (Wildman–Crippen LogP) is 12.7. The normalized spacial score (nSPS) is 12.2. The molecular weight excluding hydrogens is 605 g/mol. The Morgan fingerprint density at radius 2 is 1.08 bits per heavy atom. The van der Waals surface area contributed by atoms with Gasteiger partial charge in [0.2, 0.25) is 11.4 Å². The Labute approximate surface area is 279 Å². The van der Waals surface area contributed by atoms with Gasteiger partial charge in [-0.2, -0.15) is 0 Å². The van der Waals surface area contributed by atoms with E-state index in [9.17, 15) is 0 Å². The van der Waals surface area contributed by atoms with Crippen molar-refractivity contribution in [1.29, 1.82) is 0 Å². The van der Waals surface area contributed by atoms with Gasteiger partial charge in [0.25, 0.3) is 0 Å². The highest BCUT2D eigenvalue weighted by Crippen LogP contribution is 2.48. The molecule has 224 valence electrons. The summed E-state index contributed by atoms with van der Waals surface area (Å²) >= 11 is 1.87. The molecular formula is C44H26N2OS. The van der Waals surface area contributed by atoms with Crippen molar-refractivity contribution in [1.82, 2.24) is 9.13 Å². The lowest BCUT2D eigenvalue weighted by molar-refractivity contribution is 0.625. The van der Waals surface area contributed by atoms with Crippen LogP contribution < -0.4 is 0 Å². The molecule has 4 heteroatoms. The number of thiophene rings is 1. The highest BCUT2D eigenvalue weighted by atomic mass is 32.1. The Morgan fingerprint density at radius 3 is 1.94 bits per heavy atom. The van der Waals surface area contributed by atoms with Gasteiger partial charge in [0.05, 0.1) is 32.2 Å². The summed E-state index contributed by atoms with van der Waals surface area (Å²) in [4.78, 5) is 0. The molecule has 0 amide bonds. The van der Waals surface area contributed by atoms with Gasteiger partial charge in [-0.05, 0) is 52.2 Å². The van der Waals surface area contributed by atoms with Crippen molar-refractivity contribution >= 4 is 86.3 Å². The molecule has 4 heterocycles. The molecule has 0 saturated heterocycles. The van der Waals surface area contributed by atoms with Crippen molar-refractivity contribution in [3.05, 3.63) is 158 Å². The lowest BCUT2D eigenvalue weighted by atomic mass is 10.0. The highest BCUT2D eigenvalue weighted by molar-refractivity contribution is 7.26. The van der Waals surface area contributed by atoms with Crippen LogP contribution in [0.2, 0.25) is 0 Å². The number of fused-ring (bicyclic) bond motifs is 12. The Hall–Kier alpha value is -6.10. The van der Waals surface area contributed by atoms with E-state index in [1.165, 1.54) is 52.8 Å². The molecule has 0 bridgehead atoms. The molecule has 0 spiro atoms. The van der Waals surface area contributed by atoms with Crippen molar-refractivity contribution in [2.45, 2.75) is 0 Å². The van der Waals surface area contributed by atoms with Crippen LogP contribution in [0.15, 0.2) is 162 Å². The molecule has 7 aromatic carbocycles. The van der Waals surface area contributed by atoms with Gasteiger partial charge >= 0.3 is 0 Å². The van der Waals surface area contributed by atoms with E-state index in [4.69, 9.17) is 4.42 Å². The van der Waals surface area contributed by atoms with Gasteiger partial charge in [0.1, 0.15) is 0 Å². The fourth-order valence-electron chi connectivity index (χ4n) is 7.91. The molecule has 0 radical (unpaired) electrons. The standard InChI is InChI=1S/C44H26N2OS/c1-3-13-27(14-4-1)31-20-11-21-32-33-22-12-24-37(42(33)48-41(31)32)46-36-26-25-28-15-7-8-18-30(28)38(36)40-39-34-19-9-10-23-35(34)45(43(39)47-44(40)46)29-16-5-2-6-17-29/h1-26H. The SMILES string of the molecule is c1ccc(-c2cccc3c2sc2c(-n4c5ccc6ccccc6c5c5c6c7ccccc7n(-c7ccccc7)c6oc54)cccc23)cc1. The number of aromatic nitrogens is 2. The maximum absolute atomic E-state index is 7.19. The zero-order chi connectivity index (χ0) is 31.3. The molecule has 0 aliphatic heterocycles. The molecule has 48 heavy (non-hydrogen) atoms. The second-order valence-electron chi connectivity index (χ2n) is 12.5. The van der Waals surface area contributed by atoms with Gasteiger partial charge in [-0.3, -0.25) is 9.13 Å². The first-order valence-corrected chi connectivity index (χ1v) is 17.1. The summed E-state index contributed by atoms with van der Waals surface area (Å²) in [5.74, 6) is 0. The monoisotopic (exact) mass is 630 g/mol. The van der Waals surface area contributed by atoms with Crippen LogP contribution in [0.4, 0.5) is 0 Å². The Kier molecular flexibility index (Phi) is 5.26. The minimum atomic E-state index is 0.867. The lowest BCUT2D eigenvalue weighted by Gasteiger charge is -2.09. The van der Waals surface area contributed by atoms with Gasteiger partial charge in [-0.1, -0.05) is 127 Å². The van der Waals surface area contributed by atoms with Gasteiger partial charge in [0, 0.05) is 31.9 Å². The van der Waals surface area contributed by atoms with Crippen LogP contribution in [0.5, 0.6) is 0 Å². The third-order valence-electron chi connectivity index (χ3n) is 9.93. The van der Waals surface area contributed by atoms with Crippen molar-refractivity contribution in [3.8, 4) is 22.5 Å². The first-order chi connectivity index (χ1) is 23.8. The van der Waals surface area contributed by atoms with E-state index in [2.05, 4.69) is 167 Å². The summed E-state index contributed by atoms with van der Waals surface area (Å²) in [5.41, 5.74) is 8.74. The Morgan fingerprint density at radius 1 is 0.417 bits per heavy atom. The lowest BCUT2D eigenvalue weighted by Crippen LogP contribution is -1.94. The second kappa shape index (κ2) is 9.71. The summed E-state index contributed by atoms with van der Waals surface area (Å²) < 4.78 is 14.4. The third kappa shape index (κ3) is 3.42. The maximum atomic E-state index is 7.19. The zero-order valence-electron chi connectivity index (χ0n) is 25.7. The summed E-state index contributed by atoms with van der Waals surface area (Å²) in [7, 11) is 0. The summed E-state index contributed by atoms with van der Waals surface area (Å²) in [5, 5.41) is 9.71. The van der Waals surface area contributed by atoms with Gasteiger partial charge < -0.3 is 4.42 Å². The minimum absolute atomic E-state index is 0.867. The topological polar surface area (TPSA) is 23.0 Å². The zero-order valence-corrected chi connectivity index (χ0v) is 26.5. The minimum Gasteiger partial charge on any atom is -0.422 e. The molecule has 0 fully saturated rings. The molecule has 0 aliphatic rings. The predicted molar refractivity (Wildman–Crippen MR) is 203 cm³/mol. The molecule has 11 rings (SSSR count). The Bertz CT molecular complexity index is 3050. The molecule has 0 N–H and O–H groups in total. The van der Waals surface area contributed by atoms with Crippen LogP contribution in [0.25, 0.3) is 97.5 Å². The van der Waals surface area contributed by atoms with E-state index in [1.54, 1.807) is 0 Å². The van der Waals surface area contributed by atoms with Crippen molar-refractivity contribution in [3.63, 3.8) is 0 Å². The van der Waals surface area contributed by atoms with E-state index in [1.807, 2.05) is 11.3 Å². The smallest absolute Gasteiger partial charge is 0.215 e. The number of hydrogen-bond acceptors (Lipinski definition) is 2. The second-order valence-corrected chi connectivity index (χ2v) is 13.5. The fraction of sp³-hybridized carbons (Fsp3) is 0. The van der Waals surface area contributed by atoms with Gasteiger partial charge in [0.15, 0.2) is 0 Å². The van der Waals surface area contributed by atoms with Gasteiger partial charge in [-0.15, -0.1) is 11.3 Å².